The summed E-state index contributed by atoms with van der Waals surface area (Å²) in [6.45, 7) is 9.60. The van der Waals surface area contributed by atoms with Crippen molar-refractivity contribution in [2.24, 2.45) is 0 Å². The Labute approximate surface area is 115 Å². The Balaban J connectivity index is 2.05. The summed E-state index contributed by atoms with van der Waals surface area (Å²) in [7, 11) is 0. The van der Waals surface area contributed by atoms with Gasteiger partial charge in [-0.25, -0.2) is 0 Å². The highest BCUT2D eigenvalue weighted by Crippen LogP contribution is 2.17. The lowest BCUT2D eigenvalue weighted by Crippen LogP contribution is -2.18. The molecule has 2 nitrogen and oxygen atoms in total. The van der Waals surface area contributed by atoms with Crippen molar-refractivity contribution < 1.29 is 0 Å². The SMILES string of the molecule is Cc1cc(C)c(CN[C@@H](C)c2ccncc2)cc1C. The van der Waals surface area contributed by atoms with Crippen LogP contribution in [0.15, 0.2) is 36.7 Å². The van der Waals surface area contributed by atoms with Crippen molar-refractivity contribution in [3.05, 3.63) is 64.5 Å². The Kier molecular flexibility index (Phi) is 4.33. The van der Waals surface area contributed by atoms with Crippen LogP contribution in [0.5, 0.6) is 0 Å². The van der Waals surface area contributed by atoms with Gasteiger partial charge < -0.3 is 5.32 Å². The van der Waals surface area contributed by atoms with Gasteiger partial charge in [-0.2, -0.15) is 0 Å². The number of hydrogen-bond acceptors (Lipinski definition) is 2. The molecule has 0 bridgehead atoms. The lowest BCUT2D eigenvalue weighted by molar-refractivity contribution is 0.572. The van der Waals surface area contributed by atoms with Crippen LogP contribution >= 0.6 is 0 Å². The molecule has 0 fully saturated rings. The zero-order valence-corrected chi connectivity index (χ0v) is 12.2. The molecule has 1 aromatic carbocycles. The third-order valence-corrected chi connectivity index (χ3v) is 3.76. The smallest absolute Gasteiger partial charge is 0.0296 e. The van der Waals surface area contributed by atoms with Gasteiger partial charge in [-0.3, -0.25) is 4.98 Å². The van der Waals surface area contributed by atoms with Crippen molar-refractivity contribution >= 4 is 0 Å². The summed E-state index contributed by atoms with van der Waals surface area (Å²) in [5.41, 5.74) is 6.74. The van der Waals surface area contributed by atoms with Gasteiger partial charge in [0.15, 0.2) is 0 Å². The van der Waals surface area contributed by atoms with Crippen LogP contribution in [-0.4, -0.2) is 4.98 Å². The Bertz CT molecular complexity index is 547. The van der Waals surface area contributed by atoms with Crippen molar-refractivity contribution in [3.63, 3.8) is 0 Å². The molecule has 2 heteroatoms. The molecule has 0 aliphatic carbocycles. The van der Waals surface area contributed by atoms with Gasteiger partial charge in [0, 0.05) is 25.0 Å². The highest BCUT2D eigenvalue weighted by Gasteiger charge is 2.06. The lowest BCUT2D eigenvalue weighted by atomic mass is 10.0. The second kappa shape index (κ2) is 5.98. The van der Waals surface area contributed by atoms with Gasteiger partial charge >= 0.3 is 0 Å². The third kappa shape index (κ3) is 3.42. The molecule has 19 heavy (non-hydrogen) atoms. The number of aryl methyl sites for hydroxylation is 3. The number of aromatic nitrogens is 1. The zero-order valence-electron chi connectivity index (χ0n) is 12.2. The van der Waals surface area contributed by atoms with Crippen molar-refractivity contribution in [1.29, 1.82) is 0 Å². The molecular weight excluding hydrogens is 232 g/mol. The minimum Gasteiger partial charge on any atom is -0.306 e. The van der Waals surface area contributed by atoms with Crippen LogP contribution in [0.1, 0.15) is 40.8 Å². The molecule has 0 aliphatic rings. The van der Waals surface area contributed by atoms with Gasteiger partial charge in [0.2, 0.25) is 0 Å². The molecule has 1 atom stereocenters. The van der Waals surface area contributed by atoms with E-state index < -0.39 is 0 Å². The van der Waals surface area contributed by atoms with E-state index in [2.05, 4.69) is 62.3 Å². The van der Waals surface area contributed by atoms with E-state index in [4.69, 9.17) is 0 Å². The molecule has 2 rings (SSSR count). The van der Waals surface area contributed by atoms with Gasteiger partial charge in [0.1, 0.15) is 0 Å². The highest BCUT2D eigenvalue weighted by atomic mass is 14.9. The van der Waals surface area contributed by atoms with E-state index in [9.17, 15) is 0 Å². The molecule has 0 radical (unpaired) electrons. The largest absolute Gasteiger partial charge is 0.306 e. The van der Waals surface area contributed by atoms with Gasteiger partial charge in [0.05, 0.1) is 0 Å². The van der Waals surface area contributed by atoms with E-state index >= 15 is 0 Å². The molecule has 0 saturated heterocycles. The number of pyridine rings is 1. The summed E-state index contributed by atoms with van der Waals surface area (Å²) in [6, 6.07) is 9.01. The summed E-state index contributed by atoms with van der Waals surface area (Å²) in [5, 5.41) is 3.57. The minimum absolute atomic E-state index is 0.337. The maximum atomic E-state index is 4.05. The number of hydrogen-bond donors (Lipinski definition) is 1. The molecule has 0 aliphatic heterocycles. The molecule has 0 spiro atoms. The van der Waals surface area contributed by atoms with Gasteiger partial charge in [-0.15, -0.1) is 0 Å². The lowest BCUT2D eigenvalue weighted by Gasteiger charge is -2.16. The second-order valence-electron chi connectivity index (χ2n) is 5.25. The summed E-state index contributed by atoms with van der Waals surface area (Å²) >= 11 is 0. The standard InChI is InChI=1S/C17H22N2/c1-12-9-14(3)17(10-13(12)2)11-19-15(4)16-5-7-18-8-6-16/h5-10,15,19H,11H2,1-4H3/t15-/m0/s1. The zero-order chi connectivity index (χ0) is 13.8. The summed E-state index contributed by atoms with van der Waals surface area (Å²) < 4.78 is 0. The normalized spacial score (nSPS) is 12.4. The van der Waals surface area contributed by atoms with Crippen LogP contribution in [0.3, 0.4) is 0 Å². The van der Waals surface area contributed by atoms with Crippen LogP contribution in [0.2, 0.25) is 0 Å². The Morgan fingerprint density at radius 2 is 1.63 bits per heavy atom. The minimum atomic E-state index is 0.337. The first-order chi connectivity index (χ1) is 9.08. The van der Waals surface area contributed by atoms with Gasteiger partial charge in [-0.05, 0) is 67.6 Å². The Morgan fingerprint density at radius 3 is 2.32 bits per heavy atom. The van der Waals surface area contributed by atoms with Gasteiger partial charge in [0.25, 0.3) is 0 Å². The quantitative estimate of drug-likeness (QED) is 0.896. The van der Waals surface area contributed by atoms with Crippen LogP contribution in [0, 0.1) is 20.8 Å². The Morgan fingerprint density at radius 1 is 1.00 bits per heavy atom. The molecule has 1 N–H and O–H groups in total. The molecule has 0 unspecified atom stereocenters. The average Bonchev–Trinajstić information content (AvgIpc) is 2.42. The first-order valence-corrected chi connectivity index (χ1v) is 6.78. The number of nitrogens with one attached hydrogen (secondary N) is 1. The maximum Gasteiger partial charge on any atom is 0.0296 e. The summed E-state index contributed by atoms with van der Waals surface area (Å²) in [5.74, 6) is 0. The van der Waals surface area contributed by atoms with Crippen molar-refractivity contribution in [2.45, 2.75) is 40.3 Å². The maximum absolute atomic E-state index is 4.05. The fourth-order valence-corrected chi connectivity index (χ4v) is 2.24. The number of rotatable bonds is 4. The van der Waals surface area contributed by atoms with E-state index in [0.717, 1.165) is 6.54 Å². The summed E-state index contributed by atoms with van der Waals surface area (Å²) in [6.07, 6.45) is 3.68. The predicted octanol–water partition coefficient (Wildman–Crippen LogP) is 3.86. The first kappa shape index (κ1) is 13.8. The fourth-order valence-electron chi connectivity index (χ4n) is 2.24. The first-order valence-electron chi connectivity index (χ1n) is 6.78. The average molecular weight is 254 g/mol. The number of benzene rings is 1. The molecule has 0 saturated carbocycles. The fraction of sp³-hybridized carbons (Fsp3) is 0.353. The molecule has 2 aromatic rings. The molecule has 0 amide bonds. The van der Waals surface area contributed by atoms with Crippen LogP contribution < -0.4 is 5.32 Å². The third-order valence-electron chi connectivity index (χ3n) is 3.76. The van der Waals surface area contributed by atoms with E-state index in [0.29, 0.717) is 6.04 Å². The monoisotopic (exact) mass is 254 g/mol. The van der Waals surface area contributed by atoms with E-state index in [1.165, 1.54) is 27.8 Å². The second-order valence-corrected chi connectivity index (χ2v) is 5.25. The van der Waals surface area contributed by atoms with Crippen molar-refractivity contribution in [2.75, 3.05) is 0 Å². The topological polar surface area (TPSA) is 24.9 Å². The molecular formula is C17H22N2. The van der Waals surface area contributed by atoms with Gasteiger partial charge in [-0.1, -0.05) is 12.1 Å². The van der Waals surface area contributed by atoms with E-state index in [-0.39, 0.29) is 0 Å². The molecule has 1 heterocycles. The molecule has 100 valence electrons. The van der Waals surface area contributed by atoms with Crippen LogP contribution in [-0.2, 0) is 6.54 Å². The van der Waals surface area contributed by atoms with Crippen LogP contribution in [0.25, 0.3) is 0 Å². The van der Waals surface area contributed by atoms with E-state index in [1.54, 1.807) is 0 Å². The number of nitrogens with zero attached hydrogens (tertiary/aromatic N) is 1. The highest BCUT2D eigenvalue weighted by molar-refractivity contribution is 5.36. The predicted molar refractivity (Wildman–Crippen MR) is 80.1 cm³/mol. The Hall–Kier alpha value is -1.67. The summed E-state index contributed by atoms with van der Waals surface area (Å²) in [4.78, 5) is 4.05. The van der Waals surface area contributed by atoms with Crippen LogP contribution in [0.4, 0.5) is 0 Å². The molecule has 1 aromatic heterocycles. The van der Waals surface area contributed by atoms with E-state index in [1.807, 2.05) is 12.4 Å². The van der Waals surface area contributed by atoms with Crippen molar-refractivity contribution in [3.8, 4) is 0 Å². The van der Waals surface area contributed by atoms with Crippen molar-refractivity contribution in [1.82, 2.24) is 10.3 Å².